The van der Waals surface area contributed by atoms with Crippen LogP contribution in [0.1, 0.15) is 11.1 Å². The molecule has 2 aromatic carbocycles. The fraction of sp³-hybridized carbons (Fsp3) is 0.133. The Morgan fingerprint density at radius 1 is 1.05 bits per heavy atom. The van der Waals surface area contributed by atoms with Crippen molar-refractivity contribution < 1.29 is 4.39 Å². The van der Waals surface area contributed by atoms with Crippen molar-refractivity contribution in [1.29, 1.82) is 0 Å². The molecule has 0 amide bonds. The number of hydrogen-bond donors (Lipinski definition) is 2. The summed E-state index contributed by atoms with van der Waals surface area (Å²) in [4.78, 5) is 0. The minimum atomic E-state index is -0.260. The van der Waals surface area contributed by atoms with E-state index < -0.39 is 0 Å². The van der Waals surface area contributed by atoms with E-state index in [1.54, 1.807) is 12.1 Å². The van der Waals surface area contributed by atoms with Crippen LogP contribution in [0.25, 0.3) is 0 Å². The van der Waals surface area contributed by atoms with Crippen LogP contribution in [-0.2, 0) is 6.54 Å². The van der Waals surface area contributed by atoms with Gasteiger partial charge in [-0.3, -0.25) is 0 Å². The first-order valence-electron chi connectivity index (χ1n) is 5.99. The van der Waals surface area contributed by atoms with Crippen molar-refractivity contribution in [3.63, 3.8) is 0 Å². The summed E-state index contributed by atoms with van der Waals surface area (Å²) in [6.45, 7) is 2.71. The van der Waals surface area contributed by atoms with Crippen LogP contribution in [0.3, 0.4) is 0 Å². The number of halogens is 1. The largest absolute Gasteiger partial charge is 0.358 e. The summed E-state index contributed by atoms with van der Waals surface area (Å²) in [6, 6.07) is 14.3. The SMILES string of the molecule is Cc1ccc(CNC(=S)Nc2ccc(F)cc2)cc1. The first kappa shape index (κ1) is 13.5. The Bertz CT molecular complexity index is 549. The van der Waals surface area contributed by atoms with E-state index in [9.17, 15) is 4.39 Å². The van der Waals surface area contributed by atoms with Gasteiger partial charge >= 0.3 is 0 Å². The average molecular weight is 274 g/mol. The highest BCUT2D eigenvalue weighted by Gasteiger charge is 1.98. The number of anilines is 1. The van der Waals surface area contributed by atoms with E-state index in [1.165, 1.54) is 17.7 Å². The lowest BCUT2D eigenvalue weighted by atomic mass is 10.1. The fourth-order valence-electron chi connectivity index (χ4n) is 1.60. The van der Waals surface area contributed by atoms with Crippen LogP contribution < -0.4 is 10.6 Å². The first-order valence-corrected chi connectivity index (χ1v) is 6.40. The number of hydrogen-bond acceptors (Lipinski definition) is 1. The van der Waals surface area contributed by atoms with Crippen molar-refractivity contribution in [2.24, 2.45) is 0 Å². The van der Waals surface area contributed by atoms with Crippen molar-refractivity contribution >= 4 is 23.0 Å². The normalized spacial score (nSPS) is 10.0. The Labute approximate surface area is 117 Å². The molecule has 0 unspecified atom stereocenters. The number of benzene rings is 2. The Kier molecular flexibility index (Phi) is 4.47. The predicted molar refractivity (Wildman–Crippen MR) is 80.6 cm³/mol. The molecule has 0 radical (unpaired) electrons. The van der Waals surface area contributed by atoms with Crippen LogP contribution in [0.5, 0.6) is 0 Å². The van der Waals surface area contributed by atoms with Crippen molar-refractivity contribution in [3.8, 4) is 0 Å². The predicted octanol–water partition coefficient (Wildman–Crippen LogP) is 3.62. The Hall–Kier alpha value is -1.94. The summed E-state index contributed by atoms with van der Waals surface area (Å²) in [5, 5.41) is 6.63. The van der Waals surface area contributed by atoms with E-state index in [0.29, 0.717) is 11.7 Å². The van der Waals surface area contributed by atoms with Crippen LogP contribution in [0, 0.1) is 12.7 Å². The molecule has 0 aromatic heterocycles. The van der Waals surface area contributed by atoms with Crippen molar-refractivity contribution in [2.75, 3.05) is 5.32 Å². The summed E-state index contributed by atoms with van der Waals surface area (Å²) in [7, 11) is 0. The molecule has 0 saturated heterocycles. The maximum atomic E-state index is 12.7. The zero-order chi connectivity index (χ0) is 13.7. The number of rotatable bonds is 3. The van der Waals surface area contributed by atoms with Gasteiger partial charge in [-0.05, 0) is 49.0 Å². The van der Waals surface area contributed by atoms with Gasteiger partial charge in [0.05, 0.1) is 0 Å². The summed E-state index contributed by atoms with van der Waals surface area (Å²) in [5.74, 6) is -0.260. The summed E-state index contributed by atoms with van der Waals surface area (Å²) in [5.41, 5.74) is 3.16. The van der Waals surface area contributed by atoms with Gasteiger partial charge < -0.3 is 10.6 Å². The Morgan fingerprint density at radius 3 is 2.32 bits per heavy atom. The third kappa shape index (κ3) is 4.34. The van der Waals surface area contributed by atoms with Crippen LogP contribution in [0.2, 0.25) is 0 Å². The zero-order valence-electron chi connectivity index (χ0n) is 10.6. The molecular weight excluding hydrogens is 259 g/mol. The molecule has 0 saturated carbocycles. The van der Waals surface area contributed by atoms with Crippen molar-refractivity contribution in [1.82, 2.24) is 5.32 Å². The van der Waals surface area contributed by atoms with E-state index in [2.05, 4.69) is 41.8 Å². The van der Waals surface area contributed by atoms with Gasteiger partial charge in [-0.2, -0.15) is 0 Å². The third-order valence-corrected chi connectivity index (χ3v) is 2.92. The van der Waals surface area contributed by atoms with Gasteiger partial charge in [-0.1, -0.05) is 29.8 Å². The molecule has 19 heavy (non-hydrogen) atoms. The van der Waals surface area contributed by atoms with Gasteiger partial charge in [0.25, 0.3) is 0 Å². The highest BCUT2D eigenvalue weighted by molar-refractivity contribution is 7.80. The van der Waals surface area contributed by atoms with Gasteiger partial charge in [0.15, 0.2) is 5.11 Å². The molecule has 0 bridgehead atoms. The minimum Gasteiger partial charge on any atom is -0.358 e. The standard InChI is InChI=1S/C15H15FN2S/c1-11-2-4-12(5-3-11)10-17-15(19)18-14-8-6-13(16)7-9-14/h2-9H,10H2,1H3,(H2,17,18,19). The van der Waals surface area contributed by atoms with Gasteiger partial charge in [0.1, 0.15) is 5.82 Å². The van der Waals surface area contributed by atoms with E-state index in [-0.39, 0.29) is 5.82 Å². The number of aryl methyl sites for hydroxylation is 1. The Morgan fingerprint density at radius 2 is 1.68 bits per heavy atom. The second-order valence-corrected chi connectivity index (χ2v) is 4.71. The molecule has 2 rings (SSSR count). The van der Waals surface area contributed by atoms with E-state index in [4.69, 9.17) is 12.2 Å². The second-order valence-electron chi connectivity index (χ2n) is 4.30. The molecule has 0 aliphatic carbocycles. The van der Waals surface area contributed by atoms with Crippen molar-refractivity contribution in [2.45, 2.75) is 13.5 Å². The monoisotopic (exact) mass is 274 g/mol. The number of thiocarbonyl (C=S) groups is 1. The lowest BCUT2D eigenvalue weighted by Crippen LogP contribution is -2.27. The molecule has 2 N–H and O–H groups in total. The molecule has 4 heteroatoms. The average Bonchev–Trinajstić information content (AvgIpc) is 2.41. The zero-order valence-corrected chi connectivity index (χ0v) is 11.4. The van der Waals surface area contributed by atoms with Crippen molar-refractivity contribution in [3.05, 3.63) is 65.5 Å². The van der Waals surface area contributed by atoms with E-state index in [1.807, 2.05) is 0 Å². The fourth-order valence-corrected chi connectivity index (χ4v) is 1.79. The van der Waals surface area contributed by atoms with Gasteiger partial charge in [0, 0.05) is 12.2 Å². The summed E-state index contributed by atoms with van der Waals surface area (Å²) in [6.07, 6.45) is 0. The summed E-state index contributed by atoms with van der Waals surface area (Å²) >= 11 is 5.18. The first-order chi connectivity index (χ1) is 9.13. The molecule has 0 aliphatic heterocycles. The molecular formula is C15H15FN2S. The molecule has 0 spiro atoms. The molecule has 2 aromatic rings. The van der Waals surface area contributed by atoms with Gasteiger partial charge in [-0.25, -0.2) is 4.39 Å². The topological polar surface area (TPSA) is 24.1 Å². The third-order valence-electron chi connectivity index (χ3n) is 2.68. The molecule has 0 aliphatic rings. The summed E-state index contributed by atoms with van der Waals surface area (Å²) < 4.78 is 12.7. The van der Waals surface area contributed by atoms with E-state index in [0.717, 1.165) is 11.3 Å². The van der Waals surface area contributed by atoms with E-state index >= 15 is 0 Å². The maximum absolute atomic E-state index is 12.7. The van der Waals surface area contributed by atoms with Crippen LogP contribution in [0.15, 0.2) is 48.5 Å². The highest BCUT2D eigenvalue weighted by Crippen LogP contribution is 2.08. The van der Waals surface area contributed by atoms with Crippen LogP contribution in [0.4, 0.5) is 10.1 Å². The van der Waals surface area contributed by atoms with Gasteiger partial charge in [-0.15, -0.1) is 0 Å². The lowest BCUT2D eigenvalue weighted by molar-refractivity contribution is 0.628. The lowest BCUT2D eigenvalue weighted by Gasteiger charge is -2.10. The molecule has 0 heterocycles. The molecule has 2 nitrogen and oxygen atoms in total. The second kappa shape index (κ2) is 6.29. The smallest absolute Gasteiger partial charge is 0.171 e. The Balaban J connectivity index is 1.84. The molecule has 98 valence electrons. The van der Waals surface area contributed by atoms with Crippen LogP contribution in [-0.4, -0.2) is 5.11 Å². The van der Waals surface area contributed by atoms with Crippen LogP contribution >= 0.6 is 12.2 Å². The quantitative estimate of drug-likeness (QED) is 0.836. The maximum Gasteiger partial charge on any atom is 0.171 e. The molecule has 0 atom stereocenters. The number of nitrogens with one attached hydrogen (secondary N) is 2. The van der Waals surface area contributed by atoms with Gasteiger partial charge in [0.2, 0.25) is 0 Å². The highest BCUT2D eigenvalue weighted by atomic mass is 32.1. The molecule has 0 fully saturated rings. The minimum absolute atomic E-state index is 0.260.